The van der Waals surface area contributed by atoms with Crippen LogP contribution in [-0.2, 0) is 17.8 Å². The van der Waals surface area contributed by atoms with Crippen LogP contribution in [0.15, 0.2) is 77.0 Å². The molecule has 1 aromatic heterocycles. The van der Waals surface area contributed by atoms with Gasteiger partial charge in [0, 0.05) is 18.4 Å². The molecule has 2 aromatic rings. The second-order valence-electron chi connectivity index (χ2n) is 7.89. The average Bonchev–Trinajstić information content (AvgIpc) is 3.42. The summed E-state index contributed by atoms with van der Waals surface area (Å²) in [4.78, 5) is 12.4. The van der Waals surface area contributed by atoms with E-state index >= 15 is 0 Å². The van der Waals surface area contributed by atoms with Gasteiger partial charge in [-0.2, -0.15) is 5.10 Å². The third-order valence-corrected chi connectivity index (χ3v) is 6.83. The Morgan fingerprint density at radius 1 is 1.26 bits per heavy atom. The van der Waals surface area contributed by atoms with Crippen molar-refractivity contribution in [2.24, 2.45) is 0 Å². The van der Waals surface area contributed by atoms with Crippen molar-refractivity contribution in [3.05, 3.63) is 82.6 Å². The molecular formula is C25H32BN3OS. The first-order valence-corrected chi connectivity index (χ1v) is 12.0. The number of benzene rings is 1. The van der Waals surface area contributed by atoms with Gasteiger partial charge in [-0.1, -0.05) is 61.1 Å². The van der Waals surface area contributed by atoms with Crippen LogP contribution in [0.5, 0.6) is 0 Å². The fourth-order valence-electron chi connectivity index (χ4n) is 3.66. The van der Waals surface area contributed by atoms with E-state index in [4.69, 9.17) is 0 Å². The van der Waals surface area contributed by atoms with Crippen LogP contribution in [0.2, 0.25) is 0 Å². The number of nitrogens with zero attached hydrogens (tertiary/aromatic N) is 2. The summed E-state index contributed by atoms with van der Waals surface area (Å²) in [6.45, 7) is 6.66. The molecule has 0 amide bonds. The minimum absolute atomic E-state index is 0.0568. The fourth-order valence-corrected chi connectivity index (χ4v) is 4.78. The first kappa shape index (κ1) is 23.2. The van der Waals surface area contributed by atoms with Crippen LogP contribution in [0.1, 0.15) is 52.0 Å². The van der Waals surface area contributed by atoms with Gasteiger partial charge in [0.2, 0.25) is 0 Å². The van der Waals surface area contributed by atoms with Crippen LogP contribution in [0.25, 0.3) is 0 Å². The summed E-state index contributed by atoms with van der Waals surface area (Å²) in [5.74, 6) is 0.122. The number of carbonyl (C=O) groups excluding carboxylic acids is 1. The maximum Gasteiger partial charge on any atom is 0.381 e. The summed E-state index contributed by atoms with van der Waals surface area (Å²) >= 11 is 1.57. The quantitative estimate of drug-likeness (QED) is 0.622. The van der Waals surface area contributed by atoms with Crippen LogP contribution in [-0.4, -0.2) is 21.7 Å². The Labute approximate surface area is 190 Å². The molecule has 2 aliphatic rings. The molecule has 0 unspecified atom stereocenters. The van der Waals surface area contributed by atoms with E-state index in [0.717, 1.165) is 42.0 Å². The first-order chi connectivity index (χ1) is 15.1. The predicted octanol–water partition coefficient (Wildman–Crippen LogP) is 5.04. The summed E-state index contributed by atoms with van der Waals surface area (Å²) in [5.41, 5.74) is 4.90. The fraction of sp³-hybridized carbons (Fsp3) is 0.360. The van der Waals surface area contributed by atoms with E-state index < -0.39 is 0 Å². The Morgan fingerprint density at radius 3 is 2.68 bits per heavy atom. The molecule has 6 heteroatoms. The molecule has 0 radical (unpaired) electrons. The Kier molecular flexibility index (Phi) is 8.83. The third kappa shape index (κ3) is 7.03. The normalized spacial score (nSPS) is 15.3. The molecule has 0 saturated heterocycles. The number of hydrogen-bond acceptors (Lipinski definition) is 4. The van der Waals surface area contributed by atoms with E-state index in [9.17, 15) is 4.79 Å². The van der Waals surface area contributed by atoms with Gasteiger partial charge in [-0.15, -0.1) is 11.6 Å². The molecule has 1 N–H and O–H groups in total. The van der Waals surface area contributed by atoms with Gasteiger partial charge in [0.25, 0.3) is 0 Å². The van der Waals surface area contributed by atoms with Crippen LogP contribution in [0.3, 0.4) is 0 Å². The molecule has 0 fully saturated rings. The van der Waals surface area contributed by atoms with E-state index in [2.05, 4.69) is 59.7 Å². The molecule has 1 aromatic carbocycles. The largest absolute Gasteiger partial charge is 0.416 e. The number of carbonyl (C=O) groups is 1. The van der Waals surface area contributed by atoms with Gasteiger partial charge in [-0.25, -0.2) is 0 Å². The van der Waals surface area contributed by atoms with E-state index in [0.29, 0.717) is 0 Å². The minimum Gasteiger partial charge on any atom is -0.416 e. The van der Waals surface area contributed by atoms with Crippen LogP contribution >= 0.6 is 11.6 Å². The highest BCUT2D eigenvalue weighted by molar-refractivity contribution is 8.30. The van der Waals surface area contributed by atoms with Gasteiger partial charge in [-0.05, 0) is 57.6 Å². The zero-order valence-electron chi connectivity index (χ0n) is 18.8. The van der Waals surface area contributed by atoms with Crippen LogP contribution in [0, 0.1) is 0 Å². The molecule has 31 heavy (non-hydrogen) atoms. The number of aromatic nitrogens is 2. The number of nitrogens with one attached hydrogen (secondary N) is 1. The van der Waals surface area contributed by atoms with Crippen LogP contribution < -0.4 is 10.8 Å². The molecule has 0 atom stereocenters. The lowest BCUT2D eigenvalue weighted by Gasteiger charge is -2.08. The second-order valence-corrected chi connectivity index (χ2v) is 9.01. The van der Waals surface area contributed by atoms with Gasteiger partial charge in [0.15, 0.2) is 5.78 Å². The maximum atomic E-state index is 11.6. The molecule has 1 aliphatic carbocycles. The van der Waals surface area contributed by atoms with Gasteiger partial charge in [-0.3, -0.25) is 9.48 Å². The number of rotatable bonds is 7. The van der Waals surface area contributed by atoms with Gasteiger partial charge >= 0.3 is 6.13 Å². The molecule has 4 nitrogen and oxygen atoms in total. The standard InChI is InChI=1S/C17H22BN3OS.C8H10/c1-13-17(14(2)22)23-18(19-13)16-10-12-21(20-16)11-6-9-15-7-4-3-5-8-15;1-2-8-6-4-3-5-7-8/h3-4,7,10,12,19H,5-6,8-9,11H2,1-2H3;3-7H,2H2,1H3. The number of Topliss-reactive ketones (excluding diaryl/α,β-unsaturated/α-hetero) is 1. The lowest BCUT2D eigenvalue weighted by molar-refractivity contribution is -0.113. The number of hydrogen-bond donors (Lipinski definition) is 1. The SMILES string of the molecule is CC(=O)C1=C(C)NB(c2ccn(CCCC3=CC=CCC3)n2)S1.CCc1ccccc1. The molecule has 0 saturated carbocycles. The van der Waals surface area contributed by atoms with E-state index in [1.54, 1.807) is 24.1 Å². The van der Waals surface area contributed by atoms with Gasteiger partial charge in [0.05, 0.1) is 10.5 Å². The monoisotopic (exact) mass is 433 g/mol. The molecule has 4 rings (SSSR count). The molecule has 162 valence electrons. The number of ketones is 1. The van der Waals surface area contributed by atoms with E-state index in [-0.39, 0.29) is 11.9 Å². The smallest absolute Gasteiger partial charge is 0.381 e. The summed E-state index contributed by atoms with van der Waals surface area (Å²) in [6, 6.07) is 12.5. The lowest BCUT2D eigenvalue weighted by Crippen LogP contribution is -2.39. The highest BCUT2D eigenvalue weighted by Gasteiger charge is 2.31. The summed E-state index contributed by atoms with van der Waals surface area (Å²) in [6.07, 6.45) is 14.5. The summed E-state index contributed by atoms with van der Waals surface area (Å²) in [5, 5.41) is 8.02. The highest BCUT2D eigenvalue weighted by Crippen LogP contribution is 2.27. The minimum atomic E-state index is 0.0568. The van der Waals surface area contributed by atoms with Gasteiger partial charge in [0.1, 0.15) is 0 Å². The number of allylic oxidation sites excluding steroid dienone is 6. The third-order valence-electron chi connectivity index (χ3n) is 5.41. The highest BCUT2D eigenvalue weighted by atomic mass is 32.2. The van der Waals surface area contributed by atoms with Crippen molar-refractivity contribution in [1.29, 1.82) is 0 Å². The Morgan fingerprint density at radius 2 is 2.06 bits per heavy atom. The van der Waals surface area contributed by atoms with Crippen molar-refractivity contribution in [1.82, 2.24) is 15.0 Å². The van der Waals surface area contributed by atoms with Gasteiger partial charge < -0.3 is 5.23 Å². The van der Waals surface area contributed by atoms with Crippen molar-refractivity contribution in [3.8, 4) is 0 Å². The zero-order valence-corrected chi connectivity index (χ0v) is 19.6. The lowest BCUT2D eigenvalue weighted by atomic mass is 9.86. The van der Waals surface area contributed by atoms with E-state index in [1.165, 1.54) is 18.4 Å². The second kappa shape index (κ2) is 11.8. The molecule has 2 heterocycles. The zero-order chi connectivity index (χ0) is 22.1. The Balaban J connectivity index is 0.000000287. The Hall–Kier alpha value is -2.47. The Bertz CT molecular complexity index is 962. The van der Waals surface area contributed by atoms with Crippen molar-refractivity contribution >= 4 is 29.1 Å². The van der Waals surface area contributed by atoms with Crippen molar-refractivity contribution in [3.63, 3.8) is 0 Å². The van der Waals surface area contributed by atoms with Crippen LogP contribution in [0.4, 0.5) is 0 Å². The maximum absolute atomic E-state index is 11.6. The summed E-state index contributed by atoms with van der Waals surface area (Å²) in [7, 11) is 0. The molecular weight excluding hydrogens is 401 g/mol. The topological polar surface area (TPSA) is 46.9 Å². The predicted molar refractivity (Wildman–Crippen MR) is 133 cm³/mol. The first-order valence-electron chi connectivity index (χ1n) is 11.1. The van der Waals surface area contributed by atoms with Crippen molar-refractivity contribution in [2.45, 2.75) is 59.4 Å². The van der Waals surface area contributed by atoms with Crippen molar-refractivity contribution < 1.29 is 4.79 Å². The molecule has 1 aliphatic heterocycles. The van der Waals surface area contributed by atoms with E-state index in [1.807, 2.05) is 29.9 Å². The molecule has 0 spiro atoms. The summed E-state index contributed by atoms with van der Waals surface area (Å²) < 4.78 is 2.01. The van der Waals surface area contributed by atoms with Crippen molar-refractivity contribution in [2.75, 3.05) is 0 Å². The molecule has 0 bridgehead atoms. The number of aryl methyl sites for hydroxylation is 2. The average molecular weight is 433 g/mol.